The molecule has 1 heterocycles. The number of carbonyl (C=O) groups is 3. The van der Waals surface area contributed by atoms with Crippen molar-refractivity contribution in [2.24, 2.45) is 17.6 Å². The first-order valence-electron chi connectivity index (χ1n) is 11.9. The summed E-state index contributed by atoms with van der Waals surface area (Å²) in [5.74, 6) is -0.870. The van der Waals surface area contributed by atoms with Crippen LogP contribution in [0.3, 0.4) is 0 Å². The number of fused-ring (bicyclic) bond motifs is 3. The maximum Gasteiger partial charge on any atom is 0.255 e. The summed E-state index contributed by atoms with van der Waals surface area (Å²) in [5, 5.41) is 44.4. The van der Waals surface area contributed by atoms with Gasteiger partial charge in [-0.3, -0.25) is 24.3 Å². The standard InChI is InChI=1S/C28H25N3O7/c1-31(2)22-17-11-15-10-16-14(6-5-13-4-3-9-30-12-13)7-8-18(32)20(16)23(33)19(15)25(35)28(17,38)26(36)21(24(22)34)27(29)37/h3-4,7-9,12,15,17,22,32,34-35,38H,10-11H2,1-2H3,(H2,29,37). The lowest BCUT2D eigenvalue weighted by Crippen LogP contribution is -2.63. The third-order valence-electron chi connectivity index (χ3n) is 7.61. The van der Waals surface area contributed by atoms with Gasteiger partial charge in [0.2, 0.25) is 5.78 Å². The minimum atomic E-state index is -2.67. The van der Waals surface area contributed by atoms with E-state index in [-0.39, 0.29) is 29.7 Å². The number of ketones is 2. The Morgan fingerprint density at radius 2 is 1.89 bits per heavy atom. The number of phenolic OH excluding ortho intramolecular Hbond substituents is 1. The normalized spacial score (nSPS) is 26.4. The number of allylic oxidation sites excluding steroid dienone is 1. The van der Waals surface area contributed by atoms with Crippen LogP contribution in [0.25, 0.3) is 0 Å². The van der Waals surface area contributed by atoms with Crippen molar-refractivity contribution in [1.29, 1.82) is 0 Å². The van der Waals surface area contributed by atoms with Crippen molar-refractivity contribution < 1.29 is 34.8 Å². The van der Waals surface area contributed by atoms with Crippen LogP contribution in [-0.4, -0.2) is 73.5 Å². The van der Waals surface area contributed by atoms with Gasteiger partial charge in [-0.25, -0.2) is 0 Å². The predicted octanol–water partition coefficient (Wildman–Crippen LogP) is 0.915. The molecule has 5 rings (SSSR count). The molecule has 0 spiro atoms. The molecule has 1 aromatic heterocycles. The molecule has 1 amide bonds. The number of aliphatic hydroxyl groups excluding tert-OH is 2. The Morgan fingerprint density at radius 3 is 2.53 bits per heavy atom. The minimum absolute atomic E-state index is 0.0108. The first-order valence-corrected chi connectivity index (χ1v) is 11.9. The molecule has 194 valence electrons. The molecule has 0 radical (unpaired) electrons. The molecule has 4 unspecified atom stereocenters. The number of nitrogens with zero attached hydrogens (tertiary/aromatic N) is 2. The van der Waals surface area contributed by atoms with Crippen LogP contribution in [0.1, 0.15) is 33.5 Å². The van der Waals surface area contributed by atoms with Crippen LogP contribution in [0.5, 0.6) is 5.75 Å². The lowest BCUT2D eigenvalue weighted by molar-refractivity contribution is -0.148. The third-order valence-corrected chi connectivity index (χ3v) is 7.61. The Morgan fingerprint density at radius 1 is 1.16 bits per heavy atom. The van der Waals surface area contributed by atoms with E-state index in [4.69, 9.17) is 5.73 Å². The Kier molecular flexibility index (Phi) is 5.86. The van der Waals surface area contributed by atoms with Crippen molar-refractivity contribution in [3.8, 4) is 17.6 Å². The fourth-order valence-corrected chi connectivity index (χ4v) is 5.94. The summed E-state index contributed by atoms with van der Waals surface area (Å²) in [6.07, 6.45) is 3.39. The smallest absolute Gasteiger partial charge is 0.255 e. The van der Waals surface area contributed by atoms with Gasteiger partial charge in [-0.2, -0.15) is 0 Å². The van der Waals surface area contributed by atoms with E-state index >= 15 is 0 Å². The molecule has 6 N–H and O–H groups in total. The van der Waals surface area contributed by atoms with Crippen molar-refractivity contribution in [2.75, 3.05) is 14.1 Å². The number of primary amides is 1. The highest BCUT2D eigenvalue weighted by molar-refractivity contribution is 6.24. The second-order valence-corrected chi connectivity index (χ2v) is 9.94. The number of hydrogen-bond acceptors (Lipinski definition) is 9. The van der Waals surface area contributed by atoms with Crippen LogP contribution >= 0.6 is 0 Å². The number of Topliss-reactive ketones (excluding diaryl/α,β-unsaturated/α-hetero) is 2. The number of phenols is 1. The molecule has 0 saturated carbocycles. The van der Waals surface area contributed by atoms with Crippen LogP contribution in [0.15, 0.2) is 59.3 Å². The maximum atomic E-state index is 13.7. The van der Waals surface area contributed by atoms with Crippen LogP contribution in [0, 0.1) is 23.7 Å². The summed E-state index contributed by atoms with van der Waals surface area (Å²) in [4.78, 5) is 44.6. The zero-order chi connectivity index (χ0) is 27.5. The molecular formula is C28H25N3O7. The topological polar surface area (TPSA) is 174 Å². The van der Waals surface area contributed by atoms with E-state index in [0.29, 0.717) is 16.7 Å². The Labute approximate surface area is 217 Å². The number of aliphatic hydroxyl groups is 3. The average molecular weight is 516 g/mol. The van der Waals surface area contributed by atoms with Crippen molar-refractivity contribution in [3.63, 3.8) is 0 Å². The zero-order valence-corrected chi connectivity index (χ0v) is 20.6. The number of rotatable bonds is 2. The van der Waals surface area contributed by atoms with E-state index in [0.717, 1.165) is 0 Å². The quantitative estimate of drug-likeness (QED) is 0.288. The van der Waals surface area contributed by atoms with Crippen LogP contribution < -0.4 is 5.73 Å². The van der Waals surface area contributed by atoms with E-state index in [1.807, 2.05) is 0 Å². The van der Waals surface area contributed by atoms with E-state index < -0.39 is 58.0 Å². The Balaban J connectivity index is 1.68. The minimum Gasteiger partial charge on any atom is -0.510 e. The molecule has 4 atom stereocenters. The fraction of sp³-hybridized carbons (Fsp3) is 0.286. The third kappa shape index (κ3) is 3.51. The van der Waals surface area contributed by atoms with Gasteiger partial charge in [-0.05, 0) is 62.7 Å². The van der Waals surface area contributed by atoms with Gasteiger partial charge in [0.1, 0.15) is 22.8 Å². The van der Waals surface area contributed by atoms with E-state index in [1.54, 1.807) is 44.7 Å². The number of carbonyl (C=O) groups excluding carboxylic acids is 3. The number of pyridine rings is 1. The predicted molar refractivity (Wildman–Crippen MR) is 134 cm³/mol. The maximum absolute atomic E-state index is 13.7. The summed E-state index contributed by atoms with van der Waals surface area (Å²) in [5.41, 5.74) is 3.17. The number of hydrogen-bond donors (Lipinski definition) is 5. The van der Waals surface area contributed by atoms with Gasteiger partial charge < -0.3 is 26.2 Å². The van der Waals surface area contributed by atoms with Gasteiger partial charge in [-0.1, -0.05) is 11.8 Å². The van der Waals surface area contributed by atoms with Crippen molar-refractivity contribution in [3.05, 3.63) is 81.6 Å². The lowest BCUT2D eigenvalue weighted by Gasteiger charge is -2.50. The summed E-state index contributed by atoms with van der Waals surface area (Å²) >= 11 is 0. The second-order valence-electron chi connectivity index (χ2n) is 9.94. The number of aromatic hydroxyl groups is 1. The van der Waals surface area contributed by atoms with E-state index in [1.165, 1.54) is 11.0 Å². The van der Waals surface area contributed by atoms with E-state index in [9.17, 15) is 34.8 Å². The number of nitrogens with two attached hydrogens (primary N) is 1. The molecular weight excluding hydrogens is 490 g/mol. The second kappa shape index (κ2) is 8.83. The van der Waals surface area contributed by atoms with Gasteiger partial charge in [-0.15, -0.1) is 0 Å². The fourth-order valence-electron chi connectivity index (χ4n) is 5.94. The number of amides is 1. The monoisotopic (exact) mass is 515 g/mol. The number of benzene rings is 1. The van der Waals surface area contributed by atoms with Crippen LogP contribution in [-0.2, 0) is 16.0 Å². The first kappa shape index (κ1) is 25.2. The number of likely N-dealkylation sites (N-methyl/N-ethyl adjacent to an activating group) is 1. The van der Waals surface area contributed by atoms with Gasteiger partial charge >= 0.3 is 0 Å². The summed E-state index contributed by atoms with van der Waals surface area (Å²) in [6.45, 7) is 0. The first-order chi connectivity index (χ1) is 18.0. The molecule has 0 bridgehead atoms. The molecule has 10 nitrogen and oxygen atoms in total. The van der Waals surface area contributed by atoms with E-state index in [2.05, 4.69) is 16.8 Å². The van der Waals surface area contributed by atoms with Crippen LogP contribution in [0.2, 0.25) is 0 Å². The molecule has 2 aromatic rings. The number of aromatic nitrogens is 1. The average Bonchev–Trinajstić information content (AvgIpc) is 2.86. The molecule has 0 saturated heterocycles. The lowest BCUT2D eigenvalue weighted by atomic mass is 9.58. The molecule has 1 aromatic carbocycles. The highest BCUT2D eigenvalue weighted by atomic mass is 16.3. The largest absolute Gasteiger partial charge is 0.510 e. The molecule has 0 aliphatic heterocycles. The Bertz CT molecular complexity index is 1530. The molecule has 10 heteroatoms. The van der Waals surface area contributed by atoms with Gasteiger partial charge in [0.25, 0.3) is 5.91 Å². The van der Waals surface area contributed by atoms with Crippen molar-refractivity contribution in [1.82, 2.24) is 9.88 Å². The molecule has 38 heavy (non-hydrogen) atoms. The summed E-state index contributed by atoms with van der Waals surface area (Å²) in [6, 6.07) is 5.39. The molecule has 3 aliphatic rings. The van der Waals surface area contributed by atoms with Gasteiger partial charge in [0, 0.05) is 35.0 Å². The van der Waals surface area contributed by atoms with Gasteiger partial charge in [0.15, 0.2) is 11.4 Å². The summed E-state index contributed by atoms with van der Waals surface area (Å²) < 4.78 is 0. The highest BCUT2D eigenvalue weighted by Gasteiger charge is 2.63. The highest BCUT2D eigenvalue weighted by Crippen LogP contribution is 2.52. The zero-order valence-electron chi connectivity index (χ0n) is 20.6. The Hall–Kier alpha value is -4.46. The molecule has 0 fully saturated rings. The van der Waals surface area contributed by atoms with Crippen molar-refractivity contribution >= 4 is 17.5 Å². The van der Waals surface area contributed by atoms with Crippen LogP contribution in [0.4, 0.5) is 0 Å². The van der Waals surface area contributed by atoms with Crippen molar-refractivity contribution in [2.45, 2.75) is 24.5 Å². The summed E-state index contributed by atoms with van der Waals surface area (Å²) in [7, 11) is 3.16. The van der Waals surface area contributed by atoms with Gasteiger partial charge in [0.05, 0.1) is 11.6 Å². The molecule has 3 aliphatic carbocycles. The SMILES string of the molecule is CN(C)C1C(O)=C(C(N)=O)C(=O)C2(O)C(O)=C3C(=O)c4c(O)ccc(C#Cc5cccnc5)c4CC3CC12.